The molecule has 156 valence electrons. The van der Waals surface area contributed by atoms with Gasteiger partial charge in [-0.05, 0) is 25.3 Å². The molecule has 0 aromatic carbocycles. The average molecular weight is 417 g/mol. The molecule has 4 rings (SSSR count). The first-order valence-electron chi connectivity index (χ1n) is 10.1. The zero-order valence-electron chi connectivity index (χ0n) is 17.4. The van der Waals surface area contributed by atoms with E-state index in [-0.39, 0.29) is 12.2 Å². The van der Waals surface area contributed by atoms with Crippen molar-refractivity contribution < 1.29 is 14.6 Å². The summed E-state index contributed by atoms with van der Waals surface area (Å²) >= 11 is 1.64. The summed E-state index contributed by atoms with van der Waals surface area (Å²) in [5.41, 5.74) is 4.40. The molecule has 0 aliphatic carbocycles. The molecule has 7 nitrogen and oxygen atoms in total. The van der Waals surface area contributed by atoms with Crippen molar-refractivity contribution in [1.29, 1.82) is 0 Å². The number of aliphatic hydroxyl groups is 1. The SMILES string of the molecule is CC(C)c1nc2sc3c(NCCOCCO)ncnc3c2c2c1COC(C)(C)C2. The molecule has 0 radical (unpaired) electrons. The van der Waals surface area contributed by atoms with E-state index in [1.54, 1.807) is 17.7 Å². The van der Waals surface area contributed by atoms with Crippen molar-refractivity contribution in [1.82, 2.24) is 15.0 Å². The van der Waals surface area contributed by atoms with Crippen molar-refractivity contribution in [2.45, 2.75) is 52.2 Å². The average Bonchev–Trinajstić information content (AvgIpc) is 3.06. The molecule has 0 spiro atoms. The molecule has 3 aromatic heterocycles. The highest BCUT2D eigenvalue weighted by Gasteiger charge is 2.32. The Morgan fingerprint density at radius 2 is 2.10 bits per heavy atom. The minimum Gasteiger partial charge on any atom is -0.394 e. The third-order valence-electron chi connectivity index (χ3n) is 5.18. The molecule has 0 bridgehead atoms. The highest BCUT2D eigenvalue weighted by Crippen LogP contribution is 2.43. The predicted molar refractivity (Wildman–Crippen MR) is 116 cm³/mol. The molecule has 2 N–H and O–H groups in total. The van der Waals surface area contributed by atoms with Crippen LogP contribution in [0.3, 0.4) is 0 Å². The molecular weight excluding hydrogens is 388 g/mol. The van der Waals surface area contributed by atoms with Crippen molar-refractivity contribution in [2.24, 2.45) is 0 Å². The number of hydrogen-bond acceptors (Lipinski definition) is 8. The van der Waals surface area contributed by atoms with Gasteiger partial charge in [-0.15, -0.1) is 11.3 Å². The van der Waals surface area contributed by atoms with Crippen LogP contribution in [0.2, 0.25) is 0 Å². The van der Waals surface area contributed by atoms with Crippen LogP contribution in [0, 0.1) is 0 Å². The van der Waals surface area contributed by atoms with E-state index in [4.69, 9.17) is 19.6 Å². The third-order valence-corrected chi connectivity index (χ3v) is 6.26. The van der Waals surface area contributed by atoms with E-state index < -0.39 is 0 Å². The third kappa shape index (κ3) is 3.94. The maximum atomic E-state index is 8.82. The summed E-state index contributed by atoms with van der Waals surface area (Å²) in [5, 5.41) is 13.3. The molecule has 0 saturated carbocycles. The fraction of sp³-hybridized carbons (Fsp3) is 0.571. The lowest BCUT2D eigenvalue weighted by Crippen LogP contribution is -2.32. The van der Waals surface area contributed by atoms with Crippen molar-refractivity contribution >= 4 is 37.6 Å². The molecule has 0 saturated heterocycles. The smallest absolute Gasteiger partial charge is 0.147 e. The van der Waals surface area contributed by atoms with Crippen LogP contribution in [0.25, 0.3) is 20.4 Å². The molecule has 3 aromatic rings. The molecule has 1 aliphatic heterocycles. The van der Waals surface area contributed by atoms with E-state index in [0.717, 1.165) is 38.4 Å². The summed E-state index contributed by atoms with van der Waals surface area (Å²) in [6, 6.07) is 0. The zero-order valence-corrected chi connectivity index (χ0v) is 18.2. The van der Waals surface area contributed by atoms with Crippen molar-refractivity contribution in [3.63, 3.8) is 0 Å². The summed E-state index contributed by atoms with van der Waals surface area (Å²) < 4.78 is 12.5. The normalized spacial score (nSPS) is 15.9. The van der Waals surface area contributed by atoms with Crippen LogP contribution in [0.1, 0.15) is 50.4 Å². The van der Waals surface area contributed by atoms with Crippen molar-refractivity contribution in [3.05, 3.63) is 23.1 Å². The van der Waals surface area contributed by atoms with Crippen molar-refractivity contribution in [3.8, 4) is 0 Å². The highest BCUT2D eigenvalue weighted by atomic mass is 32.1. The largest absolute Gasteiger partial charge is 0.394 e. The maximum Gasteiger partial charge on any atom is 0.147 e. The van der Waals surface area contributed by atoms with Gasteiger partial charge < -0.3 is 19.9 Å². The number of aliphatic hydroxyl groups excluding tert-OH is 1. The standard InChI is InChI=1S/C21H28N4O3S/c1-12(2)16-14-10-28-21(3,4)9-13(14)15-17-18(29-20(15)25-16)19(24-11-23-17)22-5-7-27-8-6-26/h11-12,26H,5-10H2,1-4H3,(H,22,23,24). The number of pyridine rings is 1. The quantitative estimate of drug-likeness (QED) is 0.569. The molecule has 0 unspecified atom stereocenters. The Morgan fingerprint density at radius 1 is 1.28 bits per heavy atom. The van der Waals surface area contributed by atoms with Gasteiger partial charge in [-0.25, -0.2) is 15.0 Å². The summed E-state index contributed by atoms with van der Waals surface area (Å²) in [4.78, 5) is 15.1. The lowest BCUT2D eigenvalue weighted by Gasteiger charge is -2.33. The van der Waals surface area contributed by atoms with Crippen molar-refractivity contribution in [2.75, 3.05) is 31.7 Å². The Hall–Kier alpha value is -1.87. The van der Waals surface area contributed by atoms with Gasteiger partial charge in [0.05, 0.1) is 47.9 Å². The van der Waals surface area contributed by atoms with Gasteiger partial charge in [0.25, 0.3) is 0 Å². The first kappa shape index (κ1) is 20.4. The summed E-state index contributed by atoms with van der Waals surface area (Å²) in [6.07, 6.45) is 2.45. The Bertz CT molecular complexity index is 1030. The molecule has 1 aliphatic rings. The summed E-state index contributed by atoms with van der Waals surface area (Å²) in [7, 11) is 0. The fourth-order valence-corrected chi connectivity index (χ4v) is 4.97. The van der Waals surface area contributed by atoms with Gasteiger partial charge in [-0.2, -0.15) is 0 Å². The Kier molecular flexibility index (Phi) is 5.70. The van der Waals surface area contributed by atoms with Crippen LogP contribution in [0.4, 0.5) is 5.82 Å². The highest BCUT2D eigenvalue weighted by molar-refractivity contribution is 7.26. The van der Waals surface area contributed by atoms with Gasteiger partial charge in [0, 0.05) is 23.9 Å². The number of aromatic nitrogens is 3. The lowest BCUT2D eigenvalue weighted by atomic mass is 9.87. The first-order valence-corrected chi connectivity index (χ1v) is 10.9. The van der Waals surface area contributed by atoms with E-state index in [2.05, 4.69) is 43.0 Å². The molecule has 0 amide bonds. The molecule has 0 fully saturated rings. The van der Waals surface area contributed by atoms with Gasteiger partial charge >= 0.3 is 0 Å². The second-order valence-electron chi connectivity index (χ2n) is 8.28. The molecule has 4 heterocycles. The van der Waals surface area contributed by atoms with Crippen LogP contribution in [-0.4, -0.2) is 52.0 Å². The van der Waals surface area contributed by atoms with Gasteiger partial charge in [0.15, 0.2) is 0 Å². The maximum absolute atomic E-state index is 8.82. The van der Waals surface area contributed by atoms with Gasteiger partial charge in [0.1, 0.15) is 17.0 Å². The number of anilines is 1. The Balaban J connectivity index is 1.81. The topological polar surface area (TPSA) is 89.4 Å². The van der Waals surface area contributed by atoms with Gasteiger partial charge in [-0.1, -0.05) is 13.8 Å². The lowest BCUT2D eigenvalue weighted by molar-refractivity contribution is -0.0402. The summed E-state index contributed by atoms with van der Waals surface area (Å²) in [5.74, 6) is 1.13. The minimum atomic E-state index is -0.206. The van der Waals surface area contributed by atoms with Gasteiger partial charge in [-0.3, -0.25) is 0 Å². The fourth-order valence-electron chi connectivity index (χ4n) is 3.84. The number of hydrogen-bond donors (Lipinski definition) is 2. The van der Waals surface area contributed by atoms with Gasteiger partial charge in [0.2, 0.25) is 0 Å². The zero-order chi connectivity index (χ0) is 20.6. The van der Waals surface area contributed by atoms with E-state index in [1.807, 2.05) is 0 Å². The van der Waals surface area contributed by atoms with Crippen LogP contribution in [0.5, 0.6) is 0 Å². The molecule has 0 atom stereocenters. The van der Waals surface area contributed by atoms with Crippen LogP contribution >= 0.6 is 11.3 Å². The van der Waals surface area contributed by atoms with E-state index in [1.165, 1.54) is 11.1 Å². The van der Waals surface area contributed by atoms with E-state index in [0.29, 0.717) is 32.3 Å². The number of nitrogens with one attached hydrogen (secondary N) is 1. The molecule has 29 heavy (non-hydrogen) atoms. The number of nitrogens with zero attached hydrogens (tertiary/aromatic N) is 3. The monoisotopic (exact) mass is 416 g/mol. The van der Waals surface area contributed by atoms with E-state index in [9.17, 15) is 0 Å². The van der Waals surface area contributed by atoms with Crippen LogP contribution < -0.4 is 5.32 Å². The number of ether oxygens (including phenoxy) is 2. The molecule has 8 heteroatoms. The predicted octanol–water partition coefficient (Wildman–Crippen LogP) is 3.64. The Labute approximate surface area is 174 Å². The first-order chi connectivity index (χ1) is 13.9. The molecular formula is C21H28N4O3S. The van der Waals surface area contributed by atoms with Crippen LogP contribution in [0.15, 0.2) is 6.33 Å². The number of rotatable bonds is 7. The Morgan fingerprint density at radius 3 is 2.86 bits per heavy atom. The second kappa shape index (κ2) is 8.10. The summed E-state index contributed by atoms with van der Waals surface area (Å²) in [6.45, 7) is 10.7. The second-order valence-corrected chi connectivity index (χ2v) is 9.28. The van der Waals surface area contributed by atoms with E-state index >= 15 is 0 Å². The number of fused-ring (bicyclic) bond motifs is 5. The van der Waals surface area contributed by atoms with Crippen LogP contribution in [-0.2, 0) is 22.5 Å². The minimum absolute atomic E-state index is 0.0308. The number of thiophene rings is 1.